The van der Waals surface area contributed by atoms with E-state index in [0.717, 1.165) is 51.3 Å². The maximum Gasteiger partial charge on any atom is 0.239 e. The number of piperidine rings is 1. The second kappa shape index (κ2) is 7.00. The average molecular weight is 338 g/mol. The van der Waals surface area contributed by atoms with Crippen LogP contribution in [0, 0.1) is 0 Å². The van der Waals surface area contributed by atoms with Gasteiger partial charge in [0.05, 0.1) is 6.04 Å². The number of likely N-dealkylation sites (tertiary alicyclic amines) is 1. The van der Waals surface area contributed by atoms with Gasteiger partial charge in [-0.2, -0.15) is 0 Å². The molecule has 2 atom stereocenters. The summed E-state index contributed by atoms with van der Waals surface area (Å²) in [6.07, 6.45) is 6.92. The first-order chi connectivity index (χ1) is 12.2. The van der Waals surface area contributed by atoms with E-state index in [1.54, 1.807) is 0 Å². The summed E-state index contributed by atoms with van der Waals surface area (Å²) in [5.74, 6) is 1.71. The molecular weight excluding hydrogens is 312 g/mol. The third kappa shape index (κ3) is 3.33. The summed E-state index contributed by atoms with van der Waals surface area (Å²) in [6, 6.07) is 8.41. The van der Waals surface area contributed by atoms with Crippen molar-refractivity contribution < 1.29 is 4.79 Å². The quantitative estimate of drug-likeness (QED) is 0.936. The minimum absolute atomic E-state index is 0.0666. The molecule has 0 saturated carbocycles. The van der Waals surface area contributed by atoms with Gasteiger partial charge in [-0.1, -0.05) is 24.3 Å². The molecule has 1 saturated heterocycles. The van der Waals surface area contributed by atoms with E-state index in [0.29, 0.717) is 5.92 Å². The first-order valence-corrected chi connectivity index (χ1v) is 9.31. The SMILES string of the molecule is C[C@@H](C(=O)N1CCc2ccccc2C1)N1CCC[C@@H](c2ncc[nH]2)C1. The molecule has 1 aromatic carbocycles. The number of aromatic nitrogens is 2. The standard InChI is InChI=1S/C20H26N4O/c1-15(23-11-4-7-18(14-23)19-21-9-10-22-19)20(25)24-12-8-16-5-2-3-6-17(16)13-24/h2-3,5-6,9-10,15,18H,4,7-8,11-14H2,1H3,(H,21,22)/t15-,18+/m0/s1. The van der Waals surface area contributed by atoms with Crippen LogP contribution in [0.3, 0.4) is 0 Å². The Bertz CT molecular complexity index is 727. The van der Waals surface area contributed by atoms with Gasteiger partial charge in [-0.15, -0.1) is 0 Å². The third-order valence-corrected chi connectivity index (χ3v) is 5.71. The van der Waals surface area contributed by atoms with Crippen LogP contribution in [0.15, 0.2) is 36.7 Å². The molecule has 0 bridgehead atoms. The van der Waals surface area contributed by atoms with Crippen LogP contribution >= 0.6 is 0 Å². The molecule has 2 aliphatic heterocycles. The number of nitrogens with zero attached hydrogens (tertiary/aromatic N) is 3. The number of carbonyl (C=O) groups excluding carboxylic acids is 1. The number of H-pyrrole nitrogens is 1. The number of amides is 1. The van der Waals surface area contributed by atoms with E-state index in [2.05, 4.69) is 46.1 Å². The molecule has 1 N–H and O–H groups in total. The van der Waals surface area contributed by atoms with Gasteiger partial charge in [0.15, 0.2) is 0 Å². The van der Waals surface area contributed by atoms with Crippen molar-refractivity contribution >= 4 is 5.91 Å². The van der Waals surface area contributed by atoms with Crippen molar-refractivity contribution in [1.29, 1.82) is 0 Å². The topological polar surface area (TPSA) is 52.2 Å². The largest absolute Gasteiger partial charge is 0.348 e. The Balaban J connectivity index is 1.42. The van der Waals surface area contributed by atoms with Gasteiger partial charge < -0.3 is 9.88 Å². The first-order valence-electron chi connectivity index (χ1n) is 9.31. The third-order valence-electron chi connectivity index (χ3n) is 5.71. The van der Waals surface area contributed by atoms with E-state index >= 15 is 0 Å². The van der Waals surface area contributed by atoms with Gasteiger partial charge in [0.2, 0.25) is 5.91 Å². The zero-order valence-electron chi connectivity index (χ0n) is 14.8. The fraction of sp³-hybridized carbons (Fsp3) is 0.500. The van der Waals surface area contributed by atoms with Crippen molar-refractivity contribution in [3.05, 3.63) is 53.6 Å². The number of rotatable bonds is 3. The Hall–Kier alpha value is -2.14. The molecule has 2 aromatic rings. The molecule has 5 heteroatoms. The lowest BCUT2D eigenvalue weighted by molar-refractivity contribution is -0.137. The Labute approximate surface area is 149 Å². The summed E-state index contributed by atoms with van der Waals surface area (Å²) in [4.78, 5) is 25.1. The highest BCUT2D eigenvalue weighted by atomic mass is 16.2. The minimum atomic E-state index is -0.0666. The number of imidazole rings is 1. The molecular formula is C20H26N4O. The summed E-state index contributed by atoms with van der Waals surface area (Å²) in [7, 11) is 0. The van der Waals surface area contributed by atoms with Crippen LogP contribution in [-0.4, -0.2) is 51.4 Å². The van der Waals surface area contributed by atoms with Gasteiger partial charge in [0, 0.05) is 37.9 Å². The van der Waals surface area contributed by atoms with E-state index in [-0.39, 0.29) is 11.9 Å². The molecule has 4 rings (SSSR count). The number of hydrogen-bond acceptors (Lipinski definition) is 3. The number of nitrogens with one attached hydrogen (secondary N) is 1. The molecule has 0 radical (unpaired) electrons. The number of aromatic amines is 1. The molecule has 0 spiro atoms. The maximum atomic E-state index is 13.1. The molecule has 0 unspecified atom stereocenters. The van der Waals surface area contributed by atoms with Gasteiger partial charge in [0.25, 0.3) is 0 Å². The molecule has 3 heterocycles. The zero-order chi connectivity index (χ0) is 17.2. The summed E-state index contributed by atoms with van der Waals surface area (Å²) < 4.78 is 0. The summed E-state index contributed by atoms with van der Waals surface area (Å²) in [5, 5.41) is 0. The highest BCUT2D eigenvalue weighted by Crippen LogP contribution is 2.27. The fourth-order valence-corrected chi connectivity index (χ4v) is 4.19. The molecule has 25 heavy (non-hydrogen) atoms. The number of carbonyl (C=O) groups is 1. The normalized spacial score (nSPS) is 22.4. The van der Waals surface area contributed by atoms with Crippen molar-refractivity contribution in [3.63, 3.8) is 0 Å². The van der Waals surface area contributed by atoms with Crippen LogP contribution in [0.1, 0.15) is 42.6 Å². The van der Waals surface area contributed by atoms with E-state index in [4.69, 9.17) is 0 Å². The lowest BCUT2D eigenvalue weighted by Crippen LogP contribution is -2.51. The average Bonchev–Trinajstić information content (AvgIpc) is 3.21. The van der Waals surface area contributed by atoms with E-state index < -0.39 is 0 Å². The predicted octanol–water partition coefficient (Wildman–Crippen LogP) is 2.56. The van der Waals surface area contributed by atoms with Crippen LogP contribution < -0.4 is 0 Å². The van der Waals surface area contributed by atoms with Gasteiger partial charge in [-0.05, 0) is 43.9 Å². The van der Waals surface area contributed by atoms with Crippen LogP contribution in [0.2, 0.25) is 0 Å². The van der Waals surface area contributed by atoms with Crippen molar-refractivity contribution in [3.8, 4) is 0 Å². The van der Waals surface area contributed by atoms with E-state index in [9.17, 15) is 4.79 Å². The van der Waals surface area contributed by atoms with Crippen LogP contribution in [0.5, 0.6) is 0 Å². The zero-order valence-corrected chi connectivity index (χ0v) is 14.8. The van der Waals surface area contributed by atoms with Gasteiger partial charge >= 0.3 is 0 Å². The second-order valence-electron chi connectivity index (χ2n) is 7.26. The highest BCUT2D eigenvalue weighted by Gasteiger charge is 2.32. The van der Waals surface area contributed by atoms with Crippen molar-refractivity contribution in [2.24, 2.45) is 0 Å². The fourth-order valence-electron chi connectivity index (χ4n) is 4.19. The summed E-state index contributed by atoms with van der Waals surface area (Å²) in [5.41, 5.74) is 2.68. The van der Waals surface area contributed by atoms with Gasteiger partial charge in [0.1, 0.15) is 5.82 Å². The molecule has 132 valence electrons. The van der Waals surface area contributed by atoms with E-state index in [1.165, 1.54) is 11.1 Å². The molecule has 1 amide bonds. The number of fused-ring (bicyclic) bond motifs is 1. The van der Waals surface area contributed by atoms with Crippen molar-refractivity contribution in [2.75, 3.05) is 19.6 Å². The minimum Gasteiger partial charge on any atom is -0.348 e. The first kappa shape index (κ1) is 16.3. The Morgan fingerprint density at radius 3 is 2.92 bits per heavy atom. The van der Waals surface area contributed by atoms with Crippen molar-refractivity contribution in [2.45, 2.75) is 44.7 Å². The molecule has 1 aromatic heterocycles. The van der Waals surface area contributed by atoms with Crippen molar-refractivity contribution in [1.82, 2.24) is 19.8 Å². The lowest BCUT2D eigenvalue weighted by Gasteiger charge is -2.38. The molecule has 0 aliphatic carbocycles. The highest BCUT2D eigenvalue weighted by molar-refractivity contribution is 5.81. The molecule has 1 fully saturated rings. The monoisotopic (exact) mass is 338 g/mol. The summed E-state index contributed by atoms with van der Waals surface area (Å²) >= 11 is 0. The Morgan fingerprint density at radius 1 is 1.28 bits per heavy atom. The number of benzene rings is 1. The van der Waals surface area contributed by atoms with Gasteiger partial charge in [-0.3, -0.25) is 9.69 Å². The van der Waals surface area contributed by atoms with Crippen LogP contribution in [-0.2, 0) is 17.8 Å². The predicted molar refractivity (Wildman–Crippen MR) is 97.2 cm³/mol. The Kier molecular flexibility index (Phi) is 4.57. The maximum absolute atomic E-state index is 13.1. The lowest BCUT2D eigenvalue weighted by atomic mass is 9.95. The van der Waals surface area contributed by atoms with Crippen LogP contribution in [0.25, 0.3) is 0 Å². The smallest absolute Gasteiger partial charge is 0.239 e. The molecule has 5 nitrogen and oxygen atoms in total. The van der Waals surface area contributed by atoms with E-state index in [1.807, 2.05) is 17.3 Å². The van der Waals surface area contributed by atoms with Crippen LogP contribution in [0.4, 0.5) is 0 Å². The second-order valence-corrected chi connectivity index (χ2v) is 7.26. The Morgan fingerprint density at radius 2 is 2.12 bits per heavy atom. The number of hydrogen-bond donors (Lipinski definition) is 1. The van der Waals surface area contributed by atoms with Gasteiger partial charge in [-0.25, -0.2) is 4.98 Å². The summed E-state index contributed by atoms with van der Waals surface area (Å²) in [6.45, 7) is 5.54. The molecule has 2 aliphatic rings.